The van der Waals surface area contributed by atoms with E-state index in [0.717, 1.165) is 19.4 Å². The predicted octanol–water partition coefficient (Wildman–Crippen LogP) is 10.8. The van der Waals surface area contributed by atoms with Gasteiger partial charge in [0.2, 0.25) is 5.82 Å². The molecule has 41 heavy (non-hydrogen) atoms. The smallest absolute Gasteiger partial charge is 0.208 e. The van der Waals surface area contributed by atoms with Crippen molar-refractivity contribution in [1.29, 1.82) is 0 Å². The highest BCUT2D eigenvalue weighted by Crippen LogP contribution is 2.30. The van der Waals surface area contributed by atoms with Crippen molar-refractivity contribution in [2.24, 2.45) is 0 Å². The Balaban J connectivity index is 1.50. The highest BCUT2D eigenvalue weighted by Gasteiger charge is 2.12. The zero-order valence-corrected chi connectivity index (χ0v) is 26.8. The zero-order valence-electron chi connectivity index (χ0n) is 26.8. The van der Waals surface area contributed by atoms with Crippen molar-refractivity contribution in [2.75, 3.05) is 6.61 Å². The number of ether oxygens (including phenoxy) is 1. The maximum atomic E-state index is 10.5. The number of aromatic hydroxyl groups is 1. The van der Waals surface area contributed by atoms with E-state index in [1.165, 1.54) is 141 Å². The third-order valence-electron chi connectivity index (χ3n) is 8.14. The van der Waals surface area contributed by atoms with Crippen LogP contribution in [0.15, 0.2) is 18.2 Å². The molecule has 0 saturated carbocycles. The lowest BCUT2D eigenvalue weighted by Gasteiger charge is -2.08. The Kier molecular flexibility index (Phi) is 21.0. The van der Waals surface area contributed by atoms with Gasteiger partial charge < -0.3 is 9.84 Å². The minimum Gasteiger partial charge on any atom is -0.507 e. The number of aromatic nitrogens is 4. The fraction of sp³-hybridized carbons (Fsp3) is 0.800. The molecule has 0 radical (unpaired) electrons. The highest BCUT2D eigenvalue weighted by molar-refractivity contribution is 5.64. The molecule has 6 nitrogen and oxygen atoms in total. The minimum absolute atomic E-state index is 0.141. The number of phenolic OH excluding ortho intramolecular Hbond substituents is 1. The molecule has 0 fully saturated rings. The van der Waals surface area contributed by atoms with E-state index in [1.807, 2.05) is 12.1 Å². The van der Waals surface area contributed by atoms with Crippen LogP contribution in [0.25, 0.3) is 11.4 Å². The van der Waals surface area contributed by atoms with E-state index in [0.29, 0.717) is 23.7 Å². The van der Waals surface area contributed by atoms with Crippen molar-refractivity contribution in [3.63, 3.8) is 0 Å². The van der Waals surface area contributed by atoms with Crippen LogP contribution in [0.3, 0.4) is 0 Å². The first-order valence-corrected chi connectivity index (χ1v) is 17.5. The van der Waals surface area contributed by atoms with Gasteiger partial charge in [0.1, 0.15) is 11.5 Å². The number of hydrogen-bond acceptors (Lipinski definition) is 5. The third-order valence-corrected chi connectivity index (χ3v) is 8.14. The van der Waals surface area contributed by atoms with Gasteiger partial charge in [0.05, 0.1) is 18.7 Å². The summed E-state index contributed by atoms with van der Waals surface area (Å²) in [6.07, 6.45) is 31.9. The maximum Gasteiger partial charge on any atom is 0.208 e. The lowest BCUT2D eigenvalue weighted by atomic mass is 10.1. The number of benzene rings is 1. The second kappa shape index (κ2) is 24.5. The van der Waals surface area contributed by atoms with Crippen molar-refractivity contribution >= 4 is 0 Å². The Morgan fingerprint density at radius 2 is 1.07 bits per heavy atom. The van der Waals surface area contributed by atoms with E-state index in [-0.39, 0.29) is 5.75 Å². The van der Waals surface area contributed by atoms with E-state index in [1.54, 1.807) is 10.9 Å². The molecular weight excluding hydrogens is 508 g/mol. The predicted molar refractivity (Wildman–Crippen MR) is 173 cm³/mol. The van der Waals surface area contributed by atoms with E-state index in [2.05, 4.69) is 29.3 Å². The monoisotopic (exact) mass is 570 g/mol. The molecule has 0 bridgehead atoms. The zero-order chi connectivity index (χ0) is 29.2. The second-order valence-corrected chi connectivity index (χ2v) is 12.0. The standard InChI is InChI=1S/C35H62N4O2/c1-3-5-7-9-11-13-15-17-19-21-23-25-29-39-37-35(36-38-39)33-28-27-32(31-34(33)40)41-30-26-24-22-20-18-16-14-12-10-8-6-4-2/h27-28,31,40H,3-26,29-30H2,1-2H3. The summed E-state index contributed by atoms with van der Waals surface area (Å²) < 4.78 is 5.88. The molecular formula is C35H62N4O2. The van der Waals surface area contributed by atoms with Gasteiger partial charge in [-0.3, -0.25) is 0 Å². The Morgan fingerprint density at radius 1 is 0.610 bits per heavy atom. The summed E-state index contributed by atoms with van der Waals surface area (Å²) in [5.74, 6) is 1.30. The first kappa shape index (κ1) is 35.1. The van der Waals surface area contributed by atoms with Crippen LogP contribution in [0, 0.1) is 0 Å². The van der Waals surface area contributed by atoms with Crippen LogP contribution in [0.4, 0.5) is 0 Å². The normalized spacial score (nSPS) is 11.4. The topological polar surface area (TPSA) is 73.1 Å². The van der Waals surface area contributed by atoms with E-state index < -0.39 is 0 Å². The number of tetrazole rings is 1. The molecule has 2 aromatic rings. The van der Waals surface area contributed by atoms with Gasteiger partial charge in [-0.25, -0.2) is 0 Å². The van der Waals surface area contributed by atoms with Crippen molar-refractivity contribution < 1.29 is 9.84 Å². The fourth-order valence-electron chi connectivity index (χ4n) is 5.46. The summed E-state index contributed by atoms with van der Waals surface area (Å²) in [6, 6.07) is 5.39. The lowest BCUT2D eigenvalue weighted by Crippen LogP contribution is -2.02. The van der Waals surface area contributed by atoms with Crippen LogP contribution in [-0.2, 0) is 6.54 Å². The molecule has 234 valence electrons. The van der Waals surface area contributed by atoms with Gasteiger partial charge in [-0.15, -0.1) is 10.2 Å². The van der Waals surface area contributed by atoms with E-state index in [9.17, 15) is 5.11 Å². The third kappa shape index (κ3) is 17.4. The first-order chi connectivity index (χ1) is 20.2. The Hall–Kier alpha value is -2.11. The van der Waals surface area contributed by atoms with Crippen LogP contribution in [0.1, 0.15) is 168 Å². The summed E-state index contributed by atoms with van der Waals surface area (Å²) >= 11 is 0. The van der Waals surface area contributed by atoms with Crippen LogP contribution >= 0.6 is 0 Å². The summed E-state index contributed by atoms with van der Waals surface area (Å²) in [5.41, 5.74) is 0.601. The molecule has 2 rings (SSSR count). The molecule has 1 N–H and O–H groups in total. The Morgan fingerprint density at radius 3 is 1.56 bits per heavy atom. The van der Waals surface area contributed by atoms with Gasteiger partial charge in [0.15, 0.2) is 0 Å². The molecule has 1 heterocycles. The molecule has 1 aromatic carbocycles. The van der Waals surface area contributed by atoms with Gasteiger partial charge in [-0.2, -0.15) is 4.80 Å². The van der Waals surface area contributed by atoms with Crippen LogP contribution in [0.5, 0.6) is 11.5 Å². The van der Waals surface area contributed by atoms with Crippen molar-refractivity contribution in [3.05, 3.63) is 18.2 Å². The summed E-state index contributed by atoms with van der Waals surface area (Å²) in [6.45, 7) is 6.00. The van der Waals surface area contributed by atoms with Crippen LogP contribution in [-0.4, -0.2) is 31.9 Å². The average Bonchev–Trinajstić information content (AvgIpc) is 3.44. The minimum atomic E-state index is 0.141. The lowest BCUT2D eigenvalue weighted by molar-refractivity contribution is 0.302. The van der Waals surface area contributed by atoms with E-state index in [4.69, 9.17) is 4.74 Å². The van der Waals surface area contributed by atoms with Crippen molar-refractivity contribution in [1.82, 2.24) is 20.2 Å². The fourth-order valence-corrected chi connectivity index (χ4v) is 5.46. The molecule has 0 aliphatic rings. The van der Waals surface area contributed by atoms with Gasteiger partial charge >= 0.3 is 0 Å². The maximum absolute atomic E-state index is 10.5. The van der Waals surface area contributed by atoms with Crippen molar-refractivity contribution in [3.8, 4) is 22.9 Å². The molecule has 0 unspecified atom stereocenters. The highest BCUT2D eigenvalue weighted by atomic mass is 16.5. The molecule has 0 spiro atoms. The summed E-state index contributed by atoms with van der Waals surface area (Å²) in [4.78, 5) is 1.66. The Bertz CT molecular complexity index is 870. The summed E-state index contributed by atoms with van der Waals surface area (Å²) in [5, 5.41) is 23.4. The van der Waals surface area contributed by atoms with Crippen molar-refractivity contribution in [2.45, 2.75) is 174 Å². The largest absolute Gasteiger partial charge is 0.507 e. The Labute approximate surface area is 252 Å². The van der Waals surface area contributed by atoms with Gasteiger partial charge in [0, 0.05) is 6.07 Å². The van der Waals surface area contributed by atoms with Gasteiger partial charge in [-0.05, 0) is 30.2 Å². The van der Waals surface area contributed by atoms with Gasteiger partial charge in [0.25, 0.3) is 0 Å². The molecule has 0 amide bonds. The number of nitrogens with zero attached hydrogens (tertiary/aromatic N) is 4. The molecule has 0 atom stereocenters. The summed E-state index contributed by atoms with van der Waals surface area (Å²) in [7, 11) is 0. The molecule has 0 aliphatic carbocycles. The number of unbranched alkanes of at least 4 members (excludes halogenated alkanes) is 22. The number of phenols is 1. The number of aryl methyl sites for hydroxylation is 1. The average molecular weight is 571 g/mol. The first-order valence-electron chi connectivity index (χ1n) is 17.5. The molecule has 0 aliphatic heterocycles. The van der Waals surface area contributed by atoms with E-state index >= 15 is 0 Å². The van der Waals surface area contributed by atoms with Gasteiger partial charge in [-0.1, -0.05) is 155 Å². The van der Waals surface area contributed by atoms with Crippen LogP contribution in [0.2, 0.25) is 0 Å². The second-order valence-electron chi connectivity index (χ2n) is 12.0. The molecule has 0 saturated heterocycles. The quantitative estimate of drug-likeness (QED) is 0.103. The SMILES string of the molecule is CCCCCCCCCCCCCCOc1ccc(-c2nnn(CCCCCCCCCCCCCC)n2)c(O)c1. The molecule has 1 aromatic heterocycles. The number of hydrogen-bond donors (Lipinski definition) is 1. The molecule has 6 heteroatoms. The van der Waals surface area contributed by atoms with Crippen LogP contribution < -0.4 is 4.74 Å². The number of rotatable bonds is 28.